The van der Waals surface area contributed by atoms with Crippen LogP contribution in [0.3, 0.4) is 0 Å². The van der Waals surface area contributed by atoms with E-state index < -0.39 is 81.6 Å². The van der Waals surface area contributed by atoms with Crippen molar-refractivity contribution in [3.05, 3.63) is 14.7 Å². The van der Waals surface area contributed by atoms with Gasteiger partial charge in [-0.3, -0.25) is 28.8 Å². The van der Waals surface area contributed by atoms with Gasteiger partial charge in [-0.15, -0.1) is 14.7 Å². The zero-order chi connectivity index (χ0) is 41.9. The van der Waals surface area contributed by atoms with Crippen molar-refractivity contribution in [3.63, 3.8) is 0 Å². The summed E-state index contributed by atoms with van der Waals surface area (Å²) >= 11 is 1.71. The van der Waals surface area contributed by atoms with Gasteiger partial charge in [-0.25, -0.2) is 9.59 Å². The fraction of sp³-hybridized carbons (Fsp3) is 0.714. The van der Waals surface area contributed by atoms with Gasteiger partial charge in [0.2, 0.25) is 17.7 Å². The highest BCUT2D eigenvalue weighted by Gasteiger charge is 2.39. The number of carbonyl (C=O) groups is 8. The molecule has 0 saturated carbocycles. The van der Waals surface area contributed by atoms with E-state index in [0.29, 0.717) is 42.3 Å². The lowest BCUT2D eigenvalue weighted by Crippen LogP contribution is -2.52. The predicted octanol–water partition coefficient (Wildman–Crippen LogP) is 2.22. The highest BCUT2D eigenvalue weighted by molar-refractivity contribution is 7.99. The Morgan fingerprint density at radius 1 is 0.679 bits per heavy atom. The fourth-order valence-corrected chi connectivity index (χ4v) is 4.93. The SMILES string of the molecule is CC(=O)NC(C(=O)O)C(C)(C)SN=O.CCCCC(=O)NC(C(=O)O)C(C)(C)SN=O.NC(CCC(=O)NC(CSN=O)C(=O)CCC(=O)O)C(=O)O. The zero-order valence-corrected chi connectivity index (χ0v) is 32.3. The molecule has 0 aliphatic carbocycles. The molecule has 0 spiro atoms. The largest absolute Gasteiger partial charge is 0.481 e. The first-order valence-corrected chi connectivity index (χ1v) is 17.9. The third-order valence-corrected chi connectivity index (χ3v) is 8.59. The molecule has 0 aromatic rings. The lowest BCUT2D eigenvalue weighted by atomic mass is 10.0. The molecule has 0 aromatic heterocycles. The molecule has 4 atom stereocenters. The van der Waals surface area contributed by atoms with E-state index in [2.05, 4.69) is 29.7 Å². The number of aliphatic carboxylic acids is 4. The molecule has 0 rings (SSSR count). The van der Waals surface area contributed by atoms with Gasteiger partial charge in [0.05, 0.1) is 22.0 Å². The van der Waals surface area contributed by atoms with Crippen LogP contribution in [-0.2, 0) is 38.4 Å². The van der Waals surface area contributed by atoms with E-state index in [4.69, 9.17) is 26.2 Å². The summed E-state index contributed by atoms with van der Waals surface area (Å²) in [5.74, 6) is -6.84. The minimum Gasteiger partial charge on any atom is -0.481 e. The quantitative estimate of drug-likeness (QED) is 0.0483. The first-order chi connectivity index (χ1) is 24.4. The summed E-state index contributed by atoms with van der Waals surface area (Å²) in [6, 6.07) is -4.52. The molecule has 0 aliphatic rings. The Labute approximate surface area is 317 Å². The number of unbranched alkanes of at least 4 members (excludes halogenated alkanes) is 1. The van der Waals surface area contributed by atoms with Gasteiger partial charge in [0, 0.05) is 81.5 Å². The first kappa shape index (κ1) is 53.1. The third kappa shape index (κ3) is 26.2. The van der Waals surface area contributed by atoms with Crippen molar-refractivity contribution in [2.75, 3.05) is 5.75 Å². The number of nitrogens with one attached hydrogen (secondary N) is 3. The number of rotatable bonds is 25. The van der Waals surface area contributed by atoms with Crippen LogP contribution in [0, 0.1) is 14.7 Å². The molecule has 9 N–H and O–H groups in total. The number of carboxylic acids is 4. The standard InChI is InChI=1S/C11H17N3O7S.C10H18N2O4S.C7H12N2O4S/c12-6(11(19)20)1-3-9(16)13-7(5-22-14-21)8(15)2-4-10(17)18;1-4-5-6-7(13)11-8(9(14)15)10(2,3)17-12-16;1-4(10)8-5(6(11)12)7(2,3)14-9-13/h6-7H,1-5,12H2,(H,13,16)(H,17,18)(H,19,20);8H,4-6H2,1-3H3,(H,11,13)(H,14,15);5H,1-3H3,(H,8,10)(H,11,12). The van der Waals surface area contributed by atoms with E-state index >= 15 is 0 Å². The number of carboxylic acid groups (broad SMARTS) is 4. The number of nitrogens with zero attached hydrogens (tertiary/aromatic N) is 3. The van der Waals surface area contributed by atoms with E-state index in [1.54, 1.807) is 13.8 Å². The van der Waals surface area contributed by atoms with Crippen LogP contribution in [0.2, 0.25) is 0 Å². The van der Waals surface area contributed by atoms with Gasteiger partial charge in [-0.05, 0) is 40.5 Å². The summed E-state index contributed by atoms with van der Waals surface area (Å²) < 4.78 is 5.76. The number of nitroso groups, excluding NO2 is 3. The van der Waals surface area contributed by atoms with E-state index in [0.717, 1.165) is 6.42 Å². The minimum atomic E-state index is -1.25. The van der Waals surface area contributed by atoms with Gasteiger partial charge in [-0.2, -0.15) is 0 Å². The summed E-state index contributed by atoms with van der Waals surface area (Å²) in [6.45, 7) is 9.31. The van der Waals surface area contributed by atoms with Crippen molar-refractivity contribution in [2.24, 2.45) is 19.5 Å². The molecule has 0 fully saturated rings. The summed E-state index contributed by atoms with van der Waals surface area (Å²) in [4.78, 5) is 119. The second-order valence-corrected chi connectivity index (χ2v) is 15.3. The van der Waals surface area contributed by atoms with Gasteiger partial charge in [0.15, 0.2) is 5.78 Å². The topological polar surface area (TPSA) is 368 Å². The van der Waals surface area contributed by atoms with Crippen LogP contribution >= 0.6 is 35.8 Å². The zero-order valence-electron chi connectivity index (χ0n) is 29.9. The van der Waals surface area contributed by atoms with E-state index in [9.17, 15) is 53.1 Å². The van der Waals surface area contributed by atoms with Crippen LogP contribution < -0.4 is 21.7 Å². The molecule has 0 radical (unpaired) electrons. The van der Waals surface area contributed by atoms with Gasteiger partial charge < -0.3 is 42.1 Å². The number of ketones is 1. The Hall–Kier alpha value is -4.23. The minimum absolute atomic E-state index is 0.115. The highest BCUT2D eigenvalue weighted by Crippen LogP contribution is 2.30. The lowest BCUT2D eigenvalue weighted by Gasteiger charge is -2.28. The number of hydrogen-bond acceptors (Lipinski definition) is 18. The van der Waals surface area contributed by atoms with Crippen molar-refractivity contribution in [1.29, 1.82) is 0 Å². The first-order valence-electron chi connectivity index (χ1n) is 15.4. The summed E-state index contributed by atoms with van der Waals surface area (Å²) in [5.41, 5.74) is 5.24. The molecule has 25 heteroatoms. The van der Waals surface area contributed by atoms with Crippen molar-refractivity contribution < 1.29 is 58.8 Å². The summed E-state index contributed by atoms with van der Waals surface area (Å²) in [5, 5.41) is 41.9. The molecule has 0 bridgehead atoms. The van der Waals surface area contributed by atoms with Crippen molar-refractivity contribution >= 4 is 83.2 Å². The molecule has 0 aliphatic heterocycles. The maximum Gasteiger partial charge on any atom is 0.327 e. The maximum atomic E-state index is 11.8. The van der Waals surface area contributed by atoms with Crippen LogP contribution in [0.5, 0.6) is 0 Å². The Morgan fingerprint density at radius 3 is 1.53 bits per heavy atom. The second-order valence-electron chi connectivity index (χ2n) is 11.8. The second kappa shape index (κ2) is 28.3. The Kier molecular flexibility index (Phi) is 28.4. The molecule has 22 nitrogen and oxygen atoms in total. The number of nitrogens with two attached hydrogens (primary N) is 1. The van der Waals surface area contributed by atoms with E-state index in [-0.39, 0.29) is 37.3 Å². The third-order valence-electron chi connectivity index (χ3n) is 6.44. The molecular formula is C28H47N7O15S3. The average molecular weight is 818 g/mol. The Morgan fingerprint density at radius 2 is 1.15 bits per heavy atom. The molecule has 53 heavy (non-hydrogen) atoms. The molecule has 0 saturated heterocycles. The predicted molar refractivity (Wildman–Crippen MR) is 196 cm³/mol. The fourth-order valence-electron chi connectivity index (χ4n) is 3.54. The van der Waals surface area contributed by atoms with Gasteiger partial charge in [0.25, 0.3) is 0 Å². The Bertz CT molecular complexity index is 1290. The van der Waals surface area contributed by atoms with Crippen LogP contribution in [0.15, 0.2) is 13.7 Å². The van der Waals surface area contributed by atoms with Crippen LogP contribution in [-0.4, -0.2) is 107 Å². The average Bonchev–Trinajstić information content (AvgIpc) is 3.04. The number of hydrogen-bond donors (Lipinski definition) is 8. The van der Waals surface area contributed by atoms with Crippen LogP contribution in [0.1, 0.15) is 86.5 Å². The van der Waals surface area contributed by atoms with Crippen molar-refractivity contribution in [2.45, 2.75) is 120 Å². The summed E-state index contributed by atoms with van der Waals surface area (Å²) in [7, 11) is 0. The normalized spacial score (nSPS) is 13.0. The molecule has 0 aromatic carbocycles. The molecule has 3 amide bonds. The highest BCUT2D eigenvalue weighted by atomic mass is 32.2. The van der Waals surface area contributed by atoms with Crippen molar-refractivity contribution in [1.82, 2.24) is 16.0 Å². The number of amides is 3. The Balaban J connectivity index is -0.000000728. The maximum absolute atomic E-state index is 11.8. The van der Waals surface area contributed by atoms with Crippen molar-refractivity contribution in [3.8, 4) is 0 Å². The van der Waals surface area contributed by atoms with Gasteiger partial charge in [0.1, 0.15) is 18.1 Å². The number of Topliss-reactive ketones (excluding diaryl/α,β-unsaturated/α-hetero) is 1. The molecule has 0 heterocycles. The van der Waals surface area contributed by atoms with E-state index in [1.807, 2.05) is 6.92 Å². The van der Waals surface area contributed by atoms with Gasteiger partial charge >= 0.3 is 23.9 Å². The van der Waals surface area contributed by atoms with Gasteiger partial charge in [-0.1, -0.05) is 13.3 Å². The van der Waals surface area contributed by atoms with Crippen LogP contribution in [0.25, 0.3) is 0 Å². The van der Waals surface area contributed by atoms with E-state index in [1.165, 1.54) is 20.8 Å². The summed E-state index contributed by atoms with van der Waals surface area (Å²) in [6.07, 6.45) is 0.834. The smallest absolute Gasteiger partial charge is 0.327 e. The number of carbonyl (C=O) groups excluding carboxylic acids is 4. The monoisotopic (exact) mass is 817 g/mol. The van der Waals surface area contributed by atoms with Crippen LogP contribution in [0.4, 0.5) is 0 Å². The molecule has 4 unspecified atom stereocenters. The molecular weight excluding hydrogens is 771 g/mol. The molecule has 302 valence electrons. The lowest BCUT2D eigenvalue weighted by molar-refractivity contribution is -0.142.